The number of nitrogens with zero attached hydrogens (tertiary/aromatic N) is 3. The number of halogens is 3. The lowest BCUT2D eigenvalue weighted by Crippen LogP contribution is -2.50. The van der Waals surface area contributed by atoms with E-state index in [0.29, 0.717) is 24.7 Å². The zero-order valence-corrected chi connectivity index (χ0v) is 15.8. The van der Waals surface area contributed by atoms with Crippen molar-refractivity contribution < 1.29 is 26.3 Å². The predicted octanol–water partition coefficient (Wildman–Crippen LogP) is 2.63. The van der Waals surface area contributed by atoms with Crippen LogP contribution < -0.4 is 9.64 Å². The quantitative estimate of drug-likeness (QED) is 0.726. The summed E-state index contributed by atoms with van der Waals surface area (Å²) in [4.78, 5) is 5.63. The third-order valence-corrected chi connectivity index (χ3v) is 6.22. The number of ether oxygens (including phenoxy) is 1. The van der Waals surface area contributed by atoms with Crippen LogP contribution >= 0.6 is 0 Å². The number of hydrogen-bond acceptors (Lipinski definition) is 5. The van der Waals surface area contributed by atoms with E-state index in [1.165, 1.54) is 10.4 Å². The molecule has 2 heterocycles. The van der Waals surface area contributed by atoms with Gasteiger partial charge in [-0.3, -0.25) is 0 Å². The number of aromatic nitrogens is 1. The normalized spacial score (nSPS) is 16.2. The van der Waals surface area contributed by atoms with E-state index < -0.39 is 21.8 Å². The van der Waals surface area contributed by atoms with E-state index in [9.17, 15) is 21.6 Å². The van der Waals surface area contributed by atoms with Gasteiger partial charge < -0.3 is 9.64 Å². The molecule has 1 aromatic heterocycles. The van der Waals surface area contributed by atoms with Gasteiger partial charge in [0.05, 0.1) is 11.3 Å². The first-order chi connectivity index (χ1) is 13.3. The van der Waals surface area contributed by atoms with Gasteiger partial charge in [0.2, 0.25) is 10.0 Å². The fourth-order valence-corrected chi connectivity index (χ4v) is 4.12. The first-order valence-electron chi connectivity index (χ1n) is 8.69. The average molecular weight is 415 g/mol. The summed E-state index contributed by atoms with van der Waals surface area (Å²) in [5, 5.41) is 0. The van der Waals surface area contributed by atoms with Crippen molar-refractivity contribution in [2.24, 2.45) is 0 Å². The lowest BCUT2D eigenvalue weighted by atomic mass is 10.2. The minimum absolute atomic E-state index is 0.0486. The molecular weight excluding hydrogens is 395 g/mol. The molecule has 3 rings (SSSR count). The second kappa shape index (κ2) is 8.36. The summed E-state index contributed by atoms with van der Waals surface area (Å²) in [6.07, 6.45) is -3.64. The summed E-state index contributed by atoms with van der Waals surface area (Å²) in [6.45, 7) is 1.26. The van der Waals surface area contributed by atoms with E-state index in [2.05, 4.69) is 4.98 Å². The average Bonchev–Trinajstić information content (AvgIpc) is 2.68. The van der Waals surface area contributed by atoms with Crippen molar-refractivity contribution >= 4 is 15.8 Å². The molecule has 28 heavy (non-hydrogen) atoms. The lowest BCUT2D eigenvalue weighted by Gasteiger charge is -2.34. The molecule has 0 saturated carbocycles. The highest BCUT2D eigenvalue weighted by atomic mass is 32.2. The first kappa shape index (κ1) is 20.4. The molecule has 152 valence electrons. The molecule has 0 bridgehead atoms. The number of anilines is 1. The van der Waals surface area contributed by atoms with Crippen LogP contribution in [0.15, 0.2) is 48.7 Å². The Bertz CT molecular complexity index is 866. The Morgan fingerprint density at radius 3 is 2.25 bits per heavy atom. The van der Waals surface area contributed by atoms with Crippen LogP contribution in [-0.2, 0) is 16.2 Å². The summed E-state index contributed by atoms with van der Waals surface area (Å²) in [7, 11) is -3.47. The largest absolute Gasteiger partial charge is 0.492 e. The molecule has 0 N–H and O–H groups in total. The molecule has 1 aliphatic heterocycles. The van der Waals surface area contributed by atoms with E-state index in [-0.39, 0.29) is 25.4 Å². The maximum absolute atomic E-state index is 12.6. The van der Waals surface area contributed by atoms with Crippen LogP contribution in [0.5, 0.6) is 5.75 Å². The smallest absolute Gasteiger partial charge is 0.417 e. The molecule has 1 aromatic carbocycles. The van der Waals surface area contributed by atoms with Crippen LogP contribution in [0.25, 0.3) is 0 Å². The Morgan fingerprint density at radius 1 is 1.00 bits per heavy atom. The number of para-hydroxylation sites is 1. The highest BCUT2D eigenvalue weighted by molar-refractivity contribution is 7.89. The fraction of sp³-hybridized carbons (Fsp3) is 0.389. The van der Waals surface area contributed by atoms with Crippen LogP contribution in [0.3, 0.4) is 0 Å². The molecule has 10 heteroatoms. The van der Waals surface area contributed by atoms with Gasteiger partial charge in [-0.05, 0) is 24.3 Å². The van der Waals surface area contributed by atoms with Gasteiger partial charge in [-0.25, -0.2) is 13.4 Å². The second-order valence-corrected chi connectivity index (χ2v) is 8.35. The molecule has 2 aromatic rings. The van der Waals surface area contributed by atoms with Crippen molar-refractivity contribution in [3.05, 3.63) is 54.2 Å². The molecule has 1 saturated heterocycles. The predicted molar refractivity (Wildman–Crippen MR) is 98.7 cm³/mol. The SMILES string of the molecule is O=S(=O)(CCOc1ccccc1)N1CCN(c2ccc(C(F)(F)F)cn2)CC1. The van der Waals surface area contributed by atoms with Gasteiger partial charge in [0.25, 0.3) is 0 Å². The van der Waals surface area contributed by atoms with Crippen LogP contribution in [0.1, 0.15) is 5.56 Å². The zero-order chi connectivity index (χ0) is 20.2. The summed E-state index contributed by atoms with van der Waals surface area (Å²) < 4.78 is 69.6. The highest BCUT2D eigenvalue weighted by Gasteiger charge is 2.31. The van der Waals surface area contributed by atoms with Crippen molar-refractivity contribution in [1.29, 1.82) is 0 Å². The van der Waals surface area contributed by atoms with Crippen molar-refractivity contribution in [3.8, 4) is 5.75 Å². The van der Waals surface area contributed by atoms with Crippen molar-refractivity contribution in [1.82, 2.24) is 9.29 Å². The van der Waals surface area contributed by atoms with Crippen LogP contribution in [0, 0.1) is 0 Å². The maximum Gasteiger partial charge on any atom is 0.417 e. The van der Waals surface area contributed by atoms with Gasteiger partial charge in [0, 0.05) is 32.4 Å². The molecule has 0 amide bonds. The van der Waals surface area contributed by atoms with Gasteiger partial charge in [-0.15, -0.1) is 0 Å². The molecule has 0 spiro atoms. The molecule has 0 aliphatic carbocycles. The minimum atomic E-state index is -4.43. The second-order valence-electron chi connectivity index (χ2n) is 6.27. The molecule has 1 fully saturated rings. The van der Waals surface area contributed by atoms with Crippen molar-refractivity contribution in [2.45, 2.75) is 6.18 Å². The number of pyridine rings is 1. The van der Waals surface area contributed by atoms with E-state index in [0.717, 1.165) is 12.3 Å². The van der Waals surface area contributed by atoms with Crippen LogP contribution in [0.4, 0.5) is 19.0 Å². The van der Waals surface area contributed by atoms with Crippen molar-refractivity contribution in [3.63, 3.8) is 0 Å². The van der Waals surface area contributed by atoms with Gasteiger partial charge in [0.15, 0.2) is 0 Å². The first-order valence-corrected chi connectivity index (χ1v) is 10.3. The summed E-state index contributed by atoms with van der Waals surface area (Å²) in [5.74, 6) is 0.869. The van der Waals surface area contributed by atoms with Crippen LogP contribution in [0.2, 0.25) is 0 Å². The molecular formula is C18H20F3N3O3S. The summed E-state index contributed by atoms with van der Waals surface area (Å²) >= 11 is 0. The standard InChI is InChI=1S/C18H20F3N3O3S/c19-18(20,21)15-6-7-17(22-14-15)23-8-10-24(11-9-23)28(25,26)13-12-27-16-4-2-1-3-5-16/h1-7,14H,8-13H2. The van der Waals surface area contributed by atoms with Gasteiger partial charge in [-0.2, -0.15) is 17.5 Å². The Hall–Kier alpha value is -2.33. The van der Waals surface area contributed by atoms with E-state index in [1.807, 2.05) is 6.07 Å². The Morgan fingerprint density at radius 2 is 1.68 bits per heavy atom. The number of hydrogen-bond donors (Lipinski definition) is 0. The Balaban J connectivity index is 1.51. The monoisotopic (exact) mass is 415 g/mol. The molecule has 6 nitrogen and oxygen atoms in total. The Kier molecular flexibility index (Phi) is 6.09. The molecule has 0 radical (unpaired) electrons. The van der Waals surface area contributed by atoms with E-state index in [4.69, 9.17) is 4.74 Å². The van der Waals surface area contributed by atoms with Gasteiger partial charge in [0.1, 0.15) is 18.2 Å². The zero-order valence-electron chi connectivity index (χ0n) is 15.0. The van der Waals surface area contributed by atoms with E-state index in [1.54, 1.807) is 29.2 Å². The Labute approximate surface area is 161 Å². The number of sulfonamides is 1. The number of piperazine rings is 1. The summed E-state index contributed by atoms with van der Waals surface area (Å²) in [5.41, 5.74) is -0.809. The van der Waals surface area contributed by atoms with Crippen molar-refractivity contribution in [2.75, 3.05) is 43.4 Å². The molecule has 0 atom stereocenters. The fourth-order valence-electron chi connectivity index (χ4n) is 2.85. The minimum Gasteiger partial charge on any atom is -0.492 e. The number of rotatable bonds is 6. The molecule has 1 aliphatic rings. The maximum atomic E-state index is 12.6. The molecule has 0 unspecified atom stereocenters. The number of benzene rings is 1. The summed E-state index contributed by atoms with van der Waals surface area (Å²) in [6, 6.07) is 11.2. The highest BCUT2D eigenvalue weighted by Crippen LogP contribution is 2.29. The topological polar surface area (TPSA) is 62.7 Å². The lowest BCUT2D eigenvalue weighted by molar-refractivity contribution is -0.137. The third-order valence-electron chi connectivity index (χ3n) is 4.38. The van der Waals surface area contributed by atoms with Gasteiger partial charge in [-0.1, -0.05) is 18.2 Å². The van der Waals surface area contributed by atoms with Gasteiger partial charge >= 0.3 is 6.18 Å². The number of alkyl halides is 3. The van der Waals surface area contributed by atoms with Crippen LogP contribution in [-0.4, -0.2) is 56.2 Å². The third kappa shape index (κ3) is 5.14. The van der Waals surface area contributed by atoms with E-state index >= 15 is 0 Å².